The van der Waals surface area contributed by atoms with Gasteiger partial charge >= 0.3 is 6.09 Å². The summed E-state index contributed by atoms with van der Waals surface area (Å²) in [6.45, 7) is 0.609. The van der Waals surface area contributed by atoms with Crippen LogP contribution >= 0.6 is 11.3 Å². The van der Waals surface area contributed by atoms with E-state index in [9.17, 15) is 4.79 Å². The number of hydrogen-bond acceptors (Lipinski definition) is 4. The van der Waals surface area contributed by atoms with Crippen molar-refractivity contribution in [1.29, 1.82) is 0 Å². The number of aliphatic hydroxyl groups is 1. The average Bonchev–Trinajstić information content (AvgIpc) is 2.66. The Morgan fingerprint density at radius 2 is 2.38 bits per heavy atom. The van der Waals surface area contributed by atoms with E-state index < -0.39 is 6.09 Å². The Bertz CT molecular complexity index is 389. The minimum Gasteiger partial charge on any atom is -0.463 e. The number of carbonyl (C=O) groups is 1. The highest BCUT2D eigenvalue weighted by atomic mass is 32.1. The first-order chi connectivity index (χ1) is 7.63. The highest BCUT2D eigenvalue weighted by Crippen LogP contribution is 2.15. The lowest BCUT2D eigenvalue weighted by Gasteiger charge is -1.97. The van der Waals surface area contributed by atoms with Crippen molar-refractivity contribution in [3.63, 3.8) is 0 Å². The quantitative estimate of drug-likeness (QED) is 0.400. The van der Waals surface area contributed by atoms with Crippen LogP contribution < -0.4 is 5.73 Å². The minimum absolute atomic E-state index is 0.0269. The fraction of sp³-hybridized carbons (Fsp3) is 0.333. The molecular weight excluding hydrogens is 232 g/mol. The van der Waals surface area contributed by atoms with E-state index in [1.807, 2.05) is 0 Å². The molecule has 6 nitrogen and oxygen atoms in total. The molecule has 0 atom stereocenters. The van der Waals surface area contributed by atoms with E-state index >= 15 is 0 Å². The van der Waals surface area contributed by atoms with Crippen molar-refractivity contribution in [2.45, 2.75) is 6.61 Å². The smallest absolute Gasteiger partial charge is 0.433 e. The molecule has 0 aromatic carbocycles. The van der Waals surface area contributed by atoms with Gasteiger partial charge in [-0.3, -0.25) is 0 Å². The van der Waals surface area contributed by atoms with E-state index in [0.717, 1.165) is 4.88 Å². The van der Waals surface area contributed by atoms with Crippen molar-refractivity contribution in [3.8, 4) is 0 Å². The Hall–Kier alpha value is -1.44. The normalized spacial score (nSPS) is 11.7. The zero-order chi connectivity index (χ0) is 12.0. The number of hydrogen-bond donors (Lipinski definition) is 3. The van der Waals surface area contributed by atoms with Crippen LogP contribution in [-0.2, 0) is 11.3 Å². The highest BCUT2D eigenvalue weighted by molar-refractivity contribution is 7.10. The van der Waals surface area contributed by atoms with Gasteiger partial charge in [0.2, 0.25) is 0 Å². The largest absolute Gasteiger partial charge is 0.463 e. The van der Waals surface area contributed by atoms with Crippen LogP contribution in [0.3, 0.4) is 0 Å². The predicted octanol–water partition coefficient (Wildman–Crippen LogP) is 0.640. The number of carboxylic acid groups (broad SMARTS) is 1. The minimum atomic E-state index is -1.32. The van der Waals surface area contributed by atoms with Gasteiger partial charge in [-0.15, -0.1) is 11.3 Å². The van der Waals surface area contributed by atoms with Gasteiger partial charge in [0, 0.05) is 15.8 Å². The van der Waals surface area contributed by atoms with Crippen LogP contribution in [0.25, 0.3) is 0 Å². The Balaban J connectivity index is 2.60. The third-order valence-electron chi connectivity index (χ3n) is 1.65. The molecule has 0 aliphatic carbocycles. The van der Waals surface area contributed by atoms with E-state index in [4.69, 9.17) is 20.7 Å². The molecule has 1 amide bonds. The maximum atomic E-state index is 10.3. The first-order valence-corrected chi connectivity index (χ1v) is 5.35. The van der Waals surface area contributed by atoms with Crippen molar-refractivity contribution < 1.29 is 19.7 Å². The first-order valence-electron chi connectivity index (χ1n) is 4.47. The van der Waals surface area contributed by atoms with E-state index in [2.05, 4.69) is 4.99 Å². The molecule has 1 heterocycles. The summed E-state index contributed by atoms with van der Waals surface area (Å²) in [5.74, 6) is -0.0304. The van der Waals surface area contributed by atoms with E-state index in [-0.39, 0.29) is 19.0 Å². The molecule has 88 valence electrons. The van der Waals surface area contributed by atoms with Crippen molar-refractivity contribution in [1.82, 2.24) is 0 Å². The topological polar surface area (TPSA) is 105 Å². The number of ether oxygens (including phenoxy) is 1. The van der Waals surface area contributed by atoms with Crippen molar-refractivity contribution in [3.05, 3.63) is 21.9 Å². The Morgan fingerprint density at radius 3 is 3.00 bits per heavy atom. The SMILES string of the molecule is NC(=NC(=O)O)c1csc(COCCO)c1. The monoisotopic (exact) mass is 244 g/mol. The molecule has 0 bridgehead atoms. The number of aliphatic imine (C=N–C) groups is 1. The molecule has 0 aliphatic rings. The standard InChI is InChI=1S/C9H12N2O4S/c10-8(11-9(13)14)6-3-7(16-5-6)4-15-2-1-12/h3,5,12H,1-2,4H2,(H2,10,11)(H,13,14). The van der Waals surface area contributed by atoms with Crippen molar-refractivity contribution >= 4 is 23.3 Å². The molecular formula is C9H12N2O4S. The molecule has 0 unspecified atom stereocenters. The molecule has 0 fully saturated rings. The Labute approximate surface area is 96.0 Å². The predicted molar refractivity (Wildman–Crippen MR) is 59.8 cm³/mol. The molecule has 0 saturated carbocycles. The van der Waals surface area contributed by atoms with Gasteiger partial charge in [0.25, 0.3) is 0 Å². The zero-order valence-electron chi connectivity index (χ0n) is 8.42. The van der Waals surface area contributed by atoms with E-state index in [1.54, 1.807) is 11.4 Å². The van der Waals surface area contributed by atoms with Crippen LogP contribution in [0, 0.1) is 0 Å². The maximum Gasteiger partial charge on any atom is 0.433 e. The van der Waals surface area contributed by atoms with Crippen LogP contribution in [0.15, 0.2) is 16.4 Å². The summed E-state index contributed by atoms with van der Waals surface area (Å²) in [5.41, 5.74) is 6.02. The lowest BCUT2D eigenvalue weighted by atomic mass is 10.3. The van der Waals surface area contributed by atoms with Crippen LogP contribution in [0.1, 0.15) is 10.4 Å². The summed E-state index contributed by atoms with van der Waals surface area (Å²) in [6, 6.07) is 1.71. The number of nitrogens with two attached hydrogens (primary N) is 1. The molecule has 0 saturated heterocycles. The second kappa shape index (κ2) is 6.21. The summed E-state index contributed by atoms with van der Waals surface area (Å²) in [7, 11) is 0. The summed E-state index contributed by atoms with van der Waals surface area (Å²) in [5, 5.41) is 18.6. The molecule has 16 heavy (non-hydrogen) atoms. The summed E-state index contributed by atoms with van der Waals surface area (Å²) in [4.78, 5) is 14.4. The first kappa shape index (κ1) is 12.6. The van der Waals surface area contributed by atoms with Crippen LogP contribution in [0.5, 0.6) is 0 Å². The van der Waals surface area contributed by atoms with Gasteiger partial charge in [-0.25, -0.2) is 4.79 Å². The maximum absolute atomic E-state index is 10.3. The number of rotatable bonds is 5. The lowest BCUT2D eigenvalue weighted by molar-refractivity contribution is 0.0831. The Kier molecular flexibility index (Phi) is 4.90. The molecule has 1 rings (SSSR count). The summed E-state index contributed by atoms with van der Waals surface area (Å²) in [6.07, 6.45) is -1.32. The number of thiophene rings is 1. The van der Waals surface area contributed by atoms with Gasteiger partial charge in [-0.2, -0.15) is 4.99 Å². The van der Waals surface area contributed by atoms with Gasteiger partial charge < -0.3 is 20.7 Å². The molecule has 0 radical (unpaired) electrons. The third-order valence-corrected chi connectivity index (χ3v) is 2.56. The van der Waals surface area contributed by atoms with Crippen LogP contribution in [0.2, 0.25) is 0 Å². The second-order valence-corrected chi connectivity index (χ2v) is 3.85. The molecule has 0 aliphatic heterocycles. The second-order valence-electron chi connectivity index (χ2n) is 2.86. The van der Waals surface area contributed by atoms with E-state index in [0.29, 0.717) is 12.2 Å². The molecule has 7 heteroatoms. The van der Waals surface area contributed by atoms with Gasteiger partial charge in [-0.05, 0) is 6.07 Å². The number of nitrogens with zero attached hydrogens (tertiary/aromatic N) is 1. The molecule has 0 spiro atoms. The van der Waals surface area contributed by atoms with Gasteiger partial charge in [-0.1, -0.05) is 0 Å². The lowest BCUT2D eigenvalue weighted by Crippen LogP contribution is -2.14. The van der Waals surface area contributed by atoms with Crippen LogP contribution in [0.4, 0.5) is 4.79 Å². The zero-order valence-corrected chi connectivity index (χ0v) is 9.24. The van der Waals surface area contributed by atoms with Gasteiger partial charge in [0.05, 0.1) is 19.8 Å². The average molecular weight is 244 g/mol. The highest BCUT2D eigenvalue weighted by Gasteiger charge is 2.05. The fourth-order valence-electron chi connectivity index (χ4n) is 0.996. The Morgan fingerprint density at radius 1 is 1.62 bits per heavy atom. The number of amides is 1. The third kappa shape index (κ3) is 3.97. The van der Waals surface area contributed by atoms with Gasteiger partial charge in [0.1, 0.15) is 5.84 Å². The van der Waals surface area contributed by atoms with Crippen LogP contribution in [-0.4, -0.2) is 35.4 Å². The van der Waals surface area contributed by atoms with Gasteiger partial charge in [0.15, 0.2) is 0 Å². The number of amidine groups is 1. The van der Waals surface area contributed by atoms with Crippen molar-refractivity contribution in [2.24, 2.45) is 10.7 Å². The summed E-state index contributed by atoms with van der Waals surface area (Å²) < 4.78 is 5.11. The van der Waals surface area contributed by atoms with Crippen molar-refractivity contribution in [2.75, 3.05) is 13.2 Å². The van der Waals surface area contributed by atoms with E-state index in [1.165, 1.54) is 11.3 Å². The molecule has 1 aromatic rings. The number of aliphatic hydroxyl groups excluding tert-OH is 1. The summed E-state index contributed by atoms with van der Waals surface area (Å²) >= 11 is 1.39. The molecule has 4 N–H and O–H groups in total. The fourth-order valence-corrected chi connectivity index (χ4v) is 1.81. The molecule has 1 aromatic heterocycles.